The van der Waals surface area contributed by atoms with Crippen LogP contribution < -0.4 is 5.32 Å². The molecule has 2 aliphatic rings. The van der Waals surface area contributed by atoms with Crippen molar-refractivity contribution in [2.24, 2.45) is 0 Å². The van der Waals surface area contributed by atoms with Gasteiger partial charge in [-0.1, -0.05) is 31.4 Å². The van der Waals surface area contributed by atoms with Crippen molar-refractivity contribution in [3.63, 3.8) is 0 Å². The first-order valence-electron chi connectivity index (χ1n) is 11.7. The summed E-state index contributed by atoms with van der Waals surface area (Å²) in [6.07, 6.45) is 11.7. The molecular weight excluding hydrogens is 402 g/mol. The molecule has 2 aromatic rings. The van der Waals surface area contributed by atoms with Crippen molar-refractivity contribution in [2.75, 3.05) is 27.2 Å². The number of likely N-dealkylation sites (N-methyl/N-ethyl adjacent to an activating group) is 1. The van der Waals surface area contributed by atoms with E-state index in [-0.39, 0.29) is 17.9 Å². The Morgan fingerprint density at radius 2 is 1.72 bits per heavy atom. The highest BCUT2D eigenvalue weighted by molar-refractivity contribution is 5.92. The van der Waals surface area contributed by atoms with Crippen LogP contribution in [0.5, 0.6) is 0 Å². The summed E-state index contributed by atoms with van der Waals surface area (Å²) >= 11 is 0. The van der Waals surface area contributed by atoms with Crippen LogP contribution in [0.4, 0.5) is 0 Å². The van der Waals surface area contributed by atoms with Gasteiger partial charge in [-0.05, 0) is 44.4 Å². The predicted octanol–water partition coefficient (Wildman–Crippen LogP) is 3.43. The van der Waals surface area contributed by atoms with Gasteiger partial charge in [0.15, 0.2) is 0 Å². The smallest absolute Gasteiger partial charge is 0.269 e. The van der Waals surface area contributed by atoms with E-state index < -0.39 is 0 Å². The quantitative estimate of drug-likeness (QED) is 0.752. The lowest BCUT2D eigenvalue weighted by molar-refractivity contribution is -0.134. The Kier molecular flexibility index (Phi) is 7.15. The third-order valence-corrected chi connectivity index (χ3v) is 6.90. The zero-order chi connectivity index (χ0) is 22.5. The normalized spacial score (nSPS) is 19.6. The second kappa shape index (κ2) is 10.2. The molecule has 4 rings (SSSR count). The molecule has 7 nitrogen and oxygen atoms in total. The molecule has 2 fully saturated rings. The van der Waals surface area contributed by atoms with Crippen LogP contribution in [0, 0.1) is 0 Å². The van der Waals surface area contributed by atoms with E-state index in [1.807, 2.05) is 30.3 Å². The van der Waals surface area contributed by atoms with Crippen molar-refractivity contribution in [3.05, 3.63) is 48.0 Å². The maximum Gasteiger partial charge on any atom is 0.269 e. The molecule has 0 spiro atoms. The van der Waals surface area contributed by atoms with Crippen LogP contribution in [-0.4, -0.2) is 64.8 Å². The molecule has 32 heavy (non-hydrogen) atoms. The minimum atomic E-state index is -0.199. The summed E-state index contributed by atoms with van der Waals surface area (Å²) in [5, 5.41) is 2.58. The number of carbonyl (C=O) groups excluding carboxylic acids is 2. The Labute approximate surface area is 190 Å². The van der Waals surface area contributed by atoms with E-state index in [2.05, 4.69) is 21.3 Å². The van der Waals surface area contributed by atoms with Gasteiger partial charge in [-0.2, -0.15) is 0 Å². The fourth-order valence-electron chi connectivity index (χ4n) is 4.91. The second-order valence-electron chi connectivity index (χ2n) is 8.91. The number of hydrogen-bond acceptors (Lipinski definition) is 5. The van der Waals surface area contributed by atoms with Gasteiger partial charge in [-0.15, -0.1) is 0 Å². The predicted molar refractivity (Wildman–Crippen MR) is 124 cm³/mol. The first-order chi connectivity index (χ1) is 15.6. The van der Waals surface area contributed by atoms with Crippen LogP contribution >= 0.6 is 0 Å². The minimum absolute atomic E-state index is 0.182. The molecule has 1 aliphatic carbocycles. The van der Waals surface area contributed by atoms with E-state index in [4.69, 9.17) is 4.98 Å². The summed E-state index contributed by atoms with van der Waals surface area (Å²) < 4.78 is 0. The summed E-state index contributed by atoms with van der Waals surface area (Å²) in [4.78, 5) is 37.8. The van der Waals surface area contributed by atoms with Crippen LogP contribution in [0.1, 0.15) is 67.2 Å². The molecule has 0 aromatic carbocycles. The van der Waals surface area contributed by atoms with Gasteiger partial charge < -0.3 is 10.2 Å². The lowest BCUT2D eigenvalue weighted by Gasteiger charge is -2.33. The van der Waals surface area contributed by atoms with E-state index in [1.165, 1.54) is 19.3 Å². The zero-order valence-corrected chi connectivity index (χ0v) is 19.1. The Morgan fingerprint density at radius 1 is 1.00 bits per heavy atom. The van der Waals surface area contributed by atoms with Crippen molar-refractivity contribution in [1.29, 1.82) is 0 Å². The highest BCUT2D eigenvalue weighted by Gasteiger charge is 2.31. The van der Waals surface area contributed by atoms with Gasteiger partial charge in [0.25, 0.3) is 5.91 Å². The molecule has 2 amide bonds. The maximum absolute atomic E-state index is 12.9. The average molecular weight is 436 g/mol. The number of nitrogens with zero attached hydrogens (tertiary/aromatic N) is 4. The molecule has 1 atom stereocenters. The standard InChI is InChI=1S/C25H33N5O2/c1-26-25(32)22-13-11-19(16-28-22)18-10-12-21(27-15-18)23-9-6-14-30(23)17-24(31)29(2)20-7-4-3-5-8-20/h10-13,15-16,20,23H,3-9,14,17H2,1-2H3,(H,26,32)/t23-/m0/s1. The Bertz CT molecular complexity index is 922. The van der Waals surface area contributed by atoms with Crippen molar-refractivity contribution in [3.8, 4) is 11.1 Å². The number of likely N-dealkylation sites (tertiary alicyclic amines) is 1. The summed E-state index contributed by atoms with van der Waals surface area (Å²) in [5.41, 5.74) is 3.28. The Balaban J connectivity index is 1.40. The summed E-state index contributed by atoms with van der Waals surface area (Å²) in [7, 11) is 3.56. The summed E-state index contributed by atoms with van der Waals surface area (Å²) in [6.45, 7) is 1.40. The molecule has 1 N–H and O–H groups in total. The highest BCUT2D eigenvalue weighted by atomic mass is 16.2. The third kappa shape index (κ3) is 4.99. The van der Waals surface area contributed by atoms with Crippen LogP contribution in [-0.2, 0) is 4.79 Å². The monoisotopic (exact) mass is 435 g/mol. The molecule has 170 valence electrons. The van der Waals surface area contributed by atoms with Gasteiger partial charge in [0.2, 0.25) is 5.91 Å². The van der Waals surface area contributed by atoms with E-state index in [1.54, 1.807) is 19.3 Å². The molecule has 1 aliphatic heterocycles. The third-order valence-electron chi connectivity index (χ3n) is 6.90. The molecule has 0 unspecified atom stereocenters. The van der Waals surface area contributed by atoms with E-state index >= 15 is 0 Å². The van der Waals surface area contributed by atoms with E-state index in [9.17, 15) is 9.59 Å². The number of amides is 2. The number of nitrogens with one attached hydrogen (secondary N) is 1. The fourth-order valence-corrected chi connectivity index (χ4v) is 4.91. The summed E-state index contributed by atoms with van der Waals surface area (Å²) in [6, 6.07) is 8.29. The number of hydrogen-bond donors (Lipinski definition) is 1. The molecule has 0 bridgehead atoms. The first-order valence-corrected chi connectivity index (χ1v) is 11.7. The van der Waals surface area contributed by atoms with Crippen molar-refractivity contribution in [1.82, 2.24) is 25.1 Å². The fraction of sp³-hybridized carbons (Fsp3) is 0.520. The van der Waals surface area contributed by atoms with Crippen molar-refractivity contribution in [2.45, 2.75) is 57.0 Å². The number of aromatic nitrogens is 2. The van der Waals surface area contributed by atoms with Gasteiger partial charge in [0.05, 0.1) is 18.3 Å². The van der Waals surface area contributed by atoms with Gasteiger partial charge in [0, 0.05) is 43.7 Å². The first kappa shape index (κ1) is 22.4. The maximum atomic E-state index is 12.9. The Hall–Kier alpha value is -2.80. The van der Waals surface area contributed by atoms with Crippen LogP contribution in [0.3, 0.4) is 0 Å². The summed E-state index contributed by atoms with van der Waals surface area (Å²) in [5.74, 6) is 0.0257. The lowest BCUT2D eigenvalue weighted by Crippen LogP contribution is -2.44. The van der Waals surface area contributed by atoms with Gasteiger partial charge >= 0.3 is 0 Å². The number of rotatable bonds is 6. The average Bonchev–Trinajstić information content (AvgIpc) is 3.31. The van der Waals surface area contributed by atoms with Gasteiger partial charge in [-0.25, -0.2) is 0 Å². The number of carbonyl (C=O) groups is 2. The molecule has 1 saturated carbocycles. The van der Waals surface area contributed by atoms with Gasteiger partial charge in [-0.3, -0.25) is 24.5 Å². The van der Waals surface area contributed by atoms with E-state index in [0.717, 1.165) is 49.0 Å². The second-order valence-corrected chi connectivity index (χ2v) is 8.91. The Morgan fingerprint density at radius 3 is 2.34 bits per heavy atom. The molecule has 7 heteroatoms. The zero-order valence-electron chi connectivity index (χ0n) is 19.1. The van der Waals surface area contributed by atoms with Crippen LogP contribution in [0.15, 0.2) is 36.7 Å². The van der Waals surface area contributed by atoms with Crippen LogP contribution in [0.25, 0.3) is 11.1 Å². The molecule has 0 radical (unpaired) electrons. The van der Waals surface area contributed by atoms with E-state index in [0.29, 0.717) is 18.3 Å². The molecular formula is C25H33N5O2. The topological polar surface area (TPSA) is 78.4 Å². The SMILES string of the molecule is CNC(=O)c1ccc(-c2ccc([C@@H]3CCCN3CC(=O)N(C)C3CCCCC3)nc2)cn1. The number of pyridine rings is 2. The lowest BCUT2D eigenvalue weighted by atomic mass is 9.94. The van der Waals surface area contributed by atoms with Crippen LogP contribution in [0.2, 0.25) is 0 Å². The molecule has 2 aromatic heterocycles. The molecule has 3 heterocycles. The highest BCUT2D eigenvalue weighted by Crippen LogP contribution is 2.32. The minimum Gasteiger partial charge on any atom is -0.354 e. The molecule has 1 saturated heterocycles. The largest absolute Gasteiger partial charge is 0.354 e. The van der Waals surface area contributed by atoms with Crippen molar-refractivity contribution < 1.29 is 9.59 Å². The van der Waals surface area contributed by atoms with Crippen molar-refractivity contribution >= 4 is 11.8 Å². The van der Waals surface area contributed by atoms with Gasteiger partial charge in [0.1, 0.15) is 5.69 Å².